The fourth-order valence-corrected chi connectivity index (χ4v) is 2.47. The highest BCUT2D eigenvalue weighted by Gasteiger charge is 2.12. The predicted octanol–water partition coefficient (Wildman–Crippen LogP) is 2.79. The van der Waals surface area contributed by atoms with Crippen molar-refractivity contribution in [1.29, 1.82) is 0 Å². The van der Waals surface area contributed by atoms with Crippen molar-refractivity contribution in [3.63, 3.8) is 0 Å². The molecule has 2 N–H and O–H groups in total. The smallest absolute Gasteiger partial charge is 0.151 e. The molecule has 1 aromatic heterocycles. The van der Waals surface area contributed by atoms with Gasteiger partial charge in [0.05, 0.1) is 5.69 Å². The summed E-state index contributed by atoms with van der Waals surface area (Å²) in [6.45, 7) is 4.11. The second kappa shape index (κ2) is 5.79. The summed E-state index contributed by atoms with van der Waals surface area (Å²) < 4.78 is 2.77. The van der Waals surface area contributed by atoms with Gasteiger partial charge < -0.3 is 5.73 Å². The van der Waals surface area contributed by atoms with Crippen LogP contribution in [0.5, 0.6) is 0 Å². The maximum atomic E-state index is 5.63. The molecule has 0 unspecified atom stereocenters. The van der Waals surface area contributed by atoms with Gasteiger partial charge in [0.1, 0.15) is 10.8 Å². The summed E-state index contributed by atoms with van der Waals surface area (Å²) in [6.07, 6.45) is 1.65. The predicted molar refractivity (Wildman–Crippen MR) is 83.7 cm³/mol. The molecule has 0 bridgehead atoms. The van der Waals surface area contributed by atoms with Gasteiger partial charge in [0.2, 0.25) is 0 Å². The molecule has 0 aliphatic carbocycles. The fourth-order valence-electron chi connectivity index (χ4n) is 1.80. The van der Waals surface area contributed by atoms with E-state index in [4.69, 9.17) is 18.0 Å². The number of aryl methyl sites for hydroxylation is 2. The third-order valence-corrected chi connectivity index (χ3v) is 3.68. The zero-order chi connectivity index (χ0) is 14.0. The molecule has 0 radical (unpaired) electrons. The van der Waals surface area contributed by atoms with Crippen LogP contribution in [0.15, 0.2) is 22.7 Å². The molecular formula is C13H15BrN4S. The second-order valence-electron chi connectivity index (χ2n) is 4.09. The lowest BCUT2D eigenvalue weighted by atomic mass is 10.2. The van der Waals surface area contributed by atoms with E-state index < -0.39 is 0 Å². The van der Waals surface area contributed by atoms with E-state index in [0.29, 0.717) is 4.99 Å². The summed E-state index contributed by atoms with van der Waals surface area (Å²) in [5.41, 5.74) is 7.41. The van der Waals surface area contributed by atoms with Gasteiger partial charge in [0, 0.05) is 22.9 Å². The first kappa shape index (κ1) is 14.1. The van der Waals surface area contributed by atoms with E-state index in [1.807, 2.05) is 29.8 Å². The highest BCUT2D eigenvalue weighted by molar-refractivity contribution is 9.10. The SMILES string of the molecule is CCc1nc(CC)n(-c2ccc(C(N)=S)cc2Br)n1. The number of hydrogen-bond acceptors (Lipinski definition) is 3. The van der Waals surface area contributed by atoms with Crippen molar-refractivity contribution in [2.24, 2.45) is 5.73 Å². The molecule has 100 valence electrons. The Balaban J connectivity index is 2.52. The highest BCUT2D eigenvalue weighted by Crippen LogP contribution is 2.23. The van der Waals surface area contributed by atoms with E-state index in [1.54, 1.807) is 0 Å². The number of benzene rings is 1. The number of thiocarbonyl (C=S) groups is 1. The Kier molecular flexibility index (Phi) is 4.31. The summed E-state index contributed by atoms with van der Waals surface area (Å²) in [5.74, 6) is 1.79. The molecule has 1 heterocycles. The van der Waals surface area contributed by atoms with Gasteiger partial charge in [0.25, 0.3) is 0 Å². The molecular weight excluding hydrogens is 324 g/mol. The summed E-state index contributed by atoms with van der Waals surface area (Å²) in [7, 11) is 0. The van der Waals surface area contributed by atoms with E-state index in [1.165, 1.54) is 0 Å². The quantitative estimate of drug-likeness (QED) is 0.871. The molecule has 0 spiro atoms. The largest absolute Gasteiger partial charge is 0.389 e. The van der Waals surface area contributed by atoms with Crippen LogP contribution in [0.25, 0.3) is 5.69 Å². The molecule has 2 rings (SSSR count). The number of hydrogen-bond donors (Lipinski definition) is 1. The van der Waals surface area contributed by atoms with Crippen molar-refractivity contribution in [2.75, 3.05) is 0 Å². The molecule has 0 saturated carbocycles. The molecule has 0 saturated heterocycles. The molecule has 0 amide bonds. The average molecular weight is 339 g/mol. The highest BCUT2D eigenvalue weighted by atomic mass is 79.9. The van der Waals surface area contributed by atoms with Crippen molar-refractivity contribution >= 4 is 33.1 Å². The third kappa shape index (κ3) is 2.84. The number of aromatic nitrogens is 3. The van der Waals surface area contributed by atoms with Crippen molar-refractivity contribution in [3.05, 3.63) is 39.9 Å². The van der Waals surface area contributed by atoms with E-state index in [0.717, 1.165) is 40.2 Å². The van der Waals surface area contributed by atoms with Gasteiger partial charge in [-0.1, -0.05) is 26.1 Å². The number of halogens is 1. The van der Waals surface area contributed by atoms with Crippen LogP contribution in [-0.4, -0.2) is 19.8 Å². The molecule has 0 atom stereocenters. The van der Waals surface area contributed by atoms with E-state index in [2.05, 4.69) is 32.9 Å². The van der Waals surface area contributed by atoms with Crippen LogP contribution in [0, 0.1) is 0 Å². The first-order valence-electron chi connectivity index (χ1n) is 6.11. The maximum absolute atomic E-state index is 5.63. The standard InChI is InChI=1S/C13H15BrN4S/c1-3-11-16-12(4-2)18(17-11)10-6-5-8(13(15)19)7-9(10)14/h5-7H,3-4H2,1-2H3,(H2,15,19). The van der Waals surface area contributed by atoms with Gasteiger partial charge in [-0.3, -0.25) is 0 Å². The zero-order valence-electron chi connectivity index (χ0n) is 10.9. The van der Waals surface area contributed by atoms with Gasteiger partial charge in [-0.25, -0.2) is 9.67 Å². The Morgan fingerprint density at radius 3 is 2.63 bits per heavy atom. The molecule has 6 heteroatoms. The monoisotopic (exact) mass is 338 g/mol. The molecule has 19 heavy (non-hydrogen) atoms. The topological polar surface area (TPSA) is 56.7 Å². The maximum Gasteiger partial charge on any atom is 0.151 e. The van der Waals surface area contributed by atoms with E-state index >= 15 is 0 Å². The Bertz CT molecular complexity index is 621. The van der Waals surface area contributed by atoms with Crippen molar-refractivity contribution in [1.82, 2.24) is 14.8 Å². The van der Waals surface area contributed by atoms with Crippen molar-refractivity contribution in [2.45, 2.75) is 26.7 Å². The Morgan fingerprint density at radius 2 is 2.11 bits per heavy atom. The lowest BCUT2D eigenvalue weighted by Crippen LogP contribution is -2.10. The minimum absolute atomic E-state index is 0.385. The Labute approximate surface area is 126 Å². The van der Waals surface area contributed by atoms with Crippen molar-refractivity contribution in [3.8, 4) is 5.69 Å². The van der Waals surface area contributed by atoms with Gasteiger partial charge >= 0.3 is 0 Å². The minimum Gasteiger partial charge on any atom is -0.389 e. The summed E-state index contributed by atoms with van der Waals surface area (Å²) in [6, 6.07) is 5.76. The van der Waals surface area contributed by atoms with Crippen LogP contribution in [-0.2, 0) is 12.8 Å². The zero-order valence-corrected chi connectivity index (χ0v) is 13.3. The molecule has 0 aliphatic heterocycles. The van der Waals surface area contributed by atoms with Crippen LogP contribution in [0.4, 0.5) is 0 Å². The summed E-state index contributed by atoms with van der Waals surface area (Å²) in [4.78, 5) is 4.89. The van der Waals surface area contributed by atoms with Gasteiger partial charge in [-0.15, -0.1) is 0 Å². The Hall–Kier alpha value is -1.27. The first-order chi connectivity index (χ1) is 9.06. The molecule has 4 nitrogen and oxygen atoms in total. The van der Waals surface area contributed by atoms with Crippen LogP contribution >= 0.6 is 28.1 Å². The lowest BCUT2D eigenvalue weighted by molar-refractivity contribution is 0.788. The lowest BCUT2D eigenvalue weighted by Gasteiger charge is -2.08. The van der Waals surface area contributed by atoms with Crippen LogP contribution in [0.3, 0.4) is 0 Å². The molecule has 0 aliphatic rings. The van der Waals surface area contributed by atoms with Gasteiger partial charge in [-0.05, 0) is 34.1 Å². The first-order valence-corrected chi connectivity index (χ1v) is 7.31. The van der Waals surface area contributed by atoms with Gasteiger partial charge in [-0.2, -0.15) is 5.10 Å². The number of rotatable bonds is 4. The third-order valence-electron chi connectivity index (χ3n) is 2.81. The minimum atomic E-state index is 0.385. The van der Waals surface area contributed by atoms with Crippen LogP contribution in [0.2, 0.25) is 0 Å². The molecule has 1 aromatic carbocycles. The van der Waals surface area contributed by atoms with E-state index in [9.17, 15) is 0 Å². The molecule has 0 fully saturated rings. The number of nitrogens with two attached hydrogens (primary N) is 1. The van der Waals surface area contributed by atoms with Crippen LogP contribution in [0.1, 0.15) is 31.1 Å². The molecule has 2 aromatic rings. The van der Waals surface area contributed by atoms with Crippen molar-refractivity contribution < 1.29 is 0 Å². The summed E-state index contributed by atoms with van der Waals surface area (Å²) >= 11 is 8.52. The average Bonchev–Trinajstić information content (AvgIpc) is 2.81. The Morgan fingerprint density at radius 1 is 1.37 bits per heavy atom. The van der Waals surface area contributed by atoms with E-state index in [-0.39, 0.29) is 0 Å². The fraction of sp³-hybridized carbons (Fsp3) is 0.308. The second-order valence-corrected chi connectivity index (χ2v) is 5.39. The summed E-state index contributed by atoms with van der Waals surface area (Å²) in [5, 5.41) is 4.52. The van der Waals surface area contributed by atoms with Gasteiger partial charge in [0.15, 0.2) is 5.82 Å². The normalized spacial score (nSPS) is 10.7. The van der Waals surface area contributed by atoms with Crippen LogP contribution < -0.4 is 5.73 Å². The number of nitrogens with zero attached hydrogens (tertiary/aromatic N) is 3.